The Morgan fingerprint density at radius 2 is 1.84 bits per heavy atom. The summed E-state index contributed by atoms with van der Waals surface area (Å²) in [4.78, 5) is 40.1. The van der Waals surface area contributed by atoms with Crippen molar-refractivity contribution in [2.75, 3.05) is 25.4 Å². The van der Waals surface area contributed by atoms with Crippen LogP contribution in [0.5, 0.6) is 0 Å². The number of ketones is 2. The quantitative estimate of drug-likeness (QED) is 0.140. The lowest BCUT2D eigenvalue weighted by molar-refractivity contribution is -0.216. The Morgan fingerprint density at radius 3 is 2.45 bits per heavy atom. The lowest BCUT2D eigenvalue weighted by Gasteiger charge is -2.66. The lowest BCUT2D eigenvalue weighted by atomic mass is 9.39. The summed E-state index contributed by atoms with van der Waals surface area (Å²) in [6, 6.07) is 1.51. The zero-order valence-electron chi connectivity index (χ0n) is 26.4. The molecule has 9 nitrogen and oxygen atoms in total. The Morgan fingerprint density at radius 1 is 1.14 bits per heavy atom. The molecular formula is C33H44ClO9P. The van der Waals surface area contributed by atoms with Gasteiger partial charge in [0.25, 0.3) is 0 Å². The van der Waals surface area contributed by atoms with Gasteiger partial charge in [-0.3, -0.25) is 14.2 Å². The number of alkyl halides is 1. The standard InChI is InChI=1S/C33H44ClO9P/c1-7-41-44(38,42-8-2)20-40-28-17-31(5)26(25-10-9-23-16-24(35)11-13-30(23,4)32(25,28)6)15-21(3)33(31,27(36)18-34)43-29(37)22-12-14-39-19-22/h11-14,16,19,21,25-26,28H,7-10,15,17-18,20H2,1-6H3/t21-,25+,26+,28+,30+,31+,32-,33+/m1/s1. The highest BCUT2D eigenvalue weighted by molar-refractivity contribution is 7.53. The predicted molar refractivity (Wildman–Crippen MR) is 164 cm³/mol. The maximum atomic E-state index is 14.1. The Hall–Kier alpha value is -2.03. The van der Waals surface area contributed by atoms with E-state index in [4.69, 9.17) is 34.5 Å². The number of carbonyl (C=O) groups excluding carboxylic acids is 3. The second kappa shape index (κ2) is 12.0. The van der Waals surface area contributed by atoms with E-state index < -0.39 is 41.5 Å². The van der Waals surface area contributed by atoms with E-state index in [0.29, 0.717) is 19.3 Å². The van der Waals surface area contributed by atoms with Gasteiger partial charge in [-0.25, -0.2) is 4.79 Å². The second-order valence-corrected chi connectivity index (χ2v) is 15.6. The van der Waals surface area contributed by atoms with Crippen molar-refractivity contribution >= 4 is 36.7 Å². The van der Waals surface area contributed by atoms with Crippen LogP contribution in [0, 0.1) is 34.0 Å². The maximum Gasteiger partial charge on any atom is 0.356 e. The first-order valence-corrected chi connectivity index (χ1v) is 17.8. The molecule has 1 aromatic rings. The van der Waals surface area contributed by atoms with E-state index in [0.717, 1.165) is 12.0 Å². The molecule has 1 heterocycles. The van der Waals surface area contributed by atoms with Gasteiger partial charge in [0.15, 0.2) is 17.2 Å². The number of esters is 1. The Labute approximate surface area is 264 Å². The van der Waals surface area contributed by atoms with Crippen LogP contribution in [0.15, 0.2) is 46.8 Å². The molecule has 0 N–H and O–H groups in total. The monoisotopic (exact) mass is 650 g/mol. The molecule has 8 atom stereocenters. The highest BCUT2D eigenvalue weighted by Gasteiger charge is 2.75. The number of hydrogen-bond acceptors (Lipinski definition) is 9. The number of halogens is 1. The first-order chi connectivity index (χ1) is 20.8. The number of furan rings is 1. The topological polar surface area (TPSA) is 118 Å². The summed E-state index contributed by atoms with van der Waals surface area (Å²) in [7, 11) is -3.60. The molecule has 1 aromatic heterocycles. The fraction of sp³-hybridized carbons (Fsp3) is 0.667. The van der Waals surface area contributed by atoms with Crippen LogP contribution in [-0.2, 0) is 32.7 Å². The van der Waals surface area contributed by atoms with Crippen LogP contribution in [-0.4, -0.2) is 54.7 Å². The summed E-state index contributed by atoms with van der Waals surface area (Å²) in [6.45, 7) is 12.2. The SMILES string of the molecule is CCOP(=O)(CO[C@H]1C[C@@]2(C)[C@@H](C[C@@H](C)[C@]2(OC(=O)c2ccoc2)C(=O)CCl)[C@@H]2CCC3=CC(=O)C=C[C@]3(C)[C@@]12C)OCC. The molecule has 3 fully saturated rings. The van der Waals surface area contributed by atoms with Crippen LogP contribution in [0.3, 0.4) is 0 Å². The number of fused-ring (bicyclic) bond motifs is 5. The number of carbonyl (C=O) groups is 3. The normalized spacial score (nSPS) is 38.0. The molecule has 5 rings (SSSR count). The van der Waals surface area contributed by atoms with Crippen molar-refractivity contribution < 1.29 is 41.9 Å². The maximum absolute atomic E-state index is 14.1. The zero-order valence-corrected chi connectivity index (χ0v) is 28.1. The smallest absolute Gasteiger partial charge is 0.356 e. The van der Waals surface area contributed by atoms with Crippen molar-refractivity contribution in [3.63, 3.8) is 0 Å². The molecule has 3 saturated carbocycles. The molecule has 0 saturated heterocycles. The third kappa shape index (κ3) is 4.84. The van der Waals surface area contributed by atoms with E-state index in [-0.39, 0.29) is 60.3 Å². The van der Waals surface area contributed by atoms with Gasteiger partial charge in [0.05, 0.1) is 37.0 Å². The number of hydrogen-bond donors (Lipinski definition) is 0. The highest BCUT2D eigenvalue weighted by Crippen LogP contribution is 2.74. The summed E-state index contributed by atoms with van der Waals surface area (Å²) in [5.74, 6) is -1.74. The third-order valence-corrected chi connectivity index (χ3v) is 13.6. The molecule has 11 heteroatoms. The second-order valence-electron chi connectivity index (χ2n) is 13.3. The number of rotatable bonds is 11. The molecular weight excluding hydrogens is 607 g/mol. The van der Waals surface area contributed by atoms with Crippen molar-refractivity contribution in [3.8, 4) is 0 Å². The summed E-state index contributed by atoms with van der Waals surface area (Å²) < 4.78 is 43.0. The molecule has 0 radical (unpaired) electrons. The summed E-state index contributed by atoms with van der Waals surface area (Å²) in [5.41, 5.74) is -2.27. The van der Waals surface area contributed by atoms with Gasteiger partial charge in [0.2, 0.25) is 0 Å². The minimum atomic E-state index is -3.60. The van der Waals surface area contributed by atoms with E-state index in [1.54, 1.807) is 26.0 Å². The van der Waals surface area contributed by atoms with Crippen molar-refractivity contribution in [1.29, 1.82) is 0 Å². The van der Waals surface area contributed by atoms with Gasteiger partial charge in [-0.2, -0.15) is 0 Å². The molecule has 0 bridgehead atoms. The lowest BCUT2D eigenvalue weighted by Crippen LogP contribution is -2.67. The zero-order chi connectivity index (χ0) is 32.1. The number of allylic oxidation sites excluding steroid dienone is 4. The Bertz CT molecular complexity index is 1390. The molecule has 4 aliphatic carbocycles. The molecule has 44 heavy (non-hydrogen) atoms. The van der Waals surface area contributed by atoms with Crippen LogP contribution in [0.25, 0.3) is 0 Å². The van der Waals surface area contributed by atoms with E-state index >= 15 is 0 Å². The summed E-state index contributed by atoms with van der Waals surface area (Å²) >= 11 is 6.30. The van der Waals surface area contributed by atoms with Gasteiger partial charge in [0, 0.05) is 22.2 Å². The fourth-order valence-corrected chi connectivity index (χ4v) is 11.0. The first-order valence-electron chi connectivity index (χ1n) is 15.5. The Balaban J connectivity index is 1.65. The first kappa shape index (κ1) is 33.3. The minimum Gasteiger partial charge on any atom is -0.472 e. The van der Waals surface area contributed by atoms with E-state index in [9.17, 15) is 18.9 Å². The summed E-state index contributed by atoms with van der Waals surface area (Å²) in [6.07, 6.45) is 9.61. The predicted octanol–water partition coefficient (Wildman–Crippen LogP) is 7.15. The number of ether oxygens (including phenoxy) is 2. The van der Waals surface area contributed by atoms with Gasteiger partial charge in [-0.05, 0) is 69.6 Å². The van der Waals surface area contributed by atoms with Crippen LogP contribution in [0.2, 0.25) is 0 Å². The average molecular weight is 651 g/mol. The molecule has 242 valence electrons. The number of Topliss-reactive ketones (excluding diaryl/α,β-unsaturated/α-hetero) is 1. The highest BCUT2D eigenvalue weighted by atomic mass is 35.5. The minimum absolute atomic E-state index is 0.00454. The summed E-state index contributed by atoms with van der Waals surface area (Å²) in [5, 5.41) is 0. The van der Waals surface area contributed by atoms with Crippen molar-refractivity contribution in [2.45, 2.75) is 78.9 Å². The van der Waals surface area contributed by atoms with Gasteiger partial charge >= 0.3 is 13.6 Å². The third-order valence-electron chi connectivity index (χ3n) is 11.5. The van der Waals surface area contributed by atoms with Crippen LogP contribution in [0.4, 0.5) is 0 Å². The van der Waals surface area contributed by atoms with Crippen LogP contribution < -0.4 is 0 Å². The Kier molecular flexibility index (Phi) is 9.06. The van der Waals surface area contributed by atoms with Gasteiger partial charge in [-0.1, -0.05) is 39.3 Å². The molecule has 0 spiro atoms. The van der Waals surface area contributed by atoms with Crippen molar-refractivity contribution in [3.05, 3.63) is 48.0 Å². The molecule has 0 aliphatic heterocycles. The van der Waals surface area contributed by atoms with Crippen LogP contribution >= 0.6 is 19.2 Å². The largest absolute Gasteiger partial charge is 0.472 e. The van der Waals surface area contributed by atoms with E-state index in [1.165, 1.54) is 18.6 Å². The van der Waals surface area contributed by atoms with Gasteiger partial charge in [-0.15, -0.1) is 11.6 Å². The van der Waals surface area contributed by atoms with Crippen LogP contribution in [0.1, 0.15) is 77.6 Å². The van der Waals surface area contributed by atoms with Gasteiger partial charge < -0.3 is 22.9 Å². The van der Waals surface area contributed by atoms with E-state index in [2.05, 4.69) is 13.8 Å². The van der Waals surface area contributed by atoms with E-state index in [1.807, 2.05) is 19.9 Å². The molecule has 4 aliphatic rings. The fourth-order valence-electron chi connectivity index (χ4n) is 9.40. The molecule has 0 aromatic carbocycles. The van der Waals surface area contributed by atoms with Crippen molar-refractivity contribution in [1.82, 2.24) is 0 Å². The van der Waals surface area contributed by atoms with Gasteiger partial charge in [0.1, 0.15) is 12.6 Å². The molecule has 0 amide bonds. The van der Waals surface area contributed by atoms with Crippen molar-refractivity contribution in [2.24, 2.45) is 34.0 Å². The molecule has 0 unspecified atom stereocenters. The average Bonchev–Trinajstić information content (AvgIpc) is 3.59.